The number of hydrogen-bond acceptors (Lipinski definition) is 4. The van der Waals surface area contributed by atoms with Gasteiger partial charge in [-0.05, 0) is 48.1 Å². The van der Waals surface area contributed by atoms with Crippen LogP contribution in [-0.4, -0.2) is 33.8 Å². The first kappa shape index (κ1) is 21.0. The van der Waals surface area contributed by atoms with Crippen LogP contribution in [-0.2, 0) is 19.7 Å². The van der Waals surface area contributed by atoms with Crippen LogP contribution in [0.3, 0.4) is 0 Å². The lowest BCUT2D eigenvalue weighted by Crippen LogP contribution is -2.40. The highest BCUT2D eigenvalue weighted by molar-refractivity contribution is 8.09. The van der Waals surface area contributed by atoms with Gasteiger partial charge in [0, 0.05) is 0 Å². The molecule has 3 atom stereocenters. The van der Waals surface area contributed by atoms with Crippen molar-refractivity contribution in [1.29, 1.82) is 0 Å². The van der Waals surface area contributed by atoms with Crippen LogP contribution >= 0.6 is 0 Å². The highest BCUT2D eigenvalue weighted by Gasteiger charge is 2.57. The van der Waals surface area contributed by atoms with Gasteiger partial charge in [-0.3, -0.25) is 0 Å². The van der Waals surface area contributed by atoms with Gasteiger partial charge < -0.3 is 0 Å². The summed E-state index contributed by atoms with van der Waals surface area (Å²) in [6, 6.07) is 10.1. The molecule has 4 nitrogen and oxygen atoms in total. The minimum absolute atomic E-state index is 0.0692. The molecule has 3 rings (SSSR count). The quantitative estimate of drug-likeness (QED) is 0.661. The third-order valence-electron chi connectivity index (χ3n) is 4.98. The van der Waals surface area contributed by atoms with Crippen molar-refractivity contribution in [3.63, 3.8) is 0 Å². The Morgan fingerprint density at radius 3 is 2.18 bits per heavy atom. The highest BCUT2D eigenvalue weighted by atomic mass is 32.3. The number of sulfone groups is 2. The van der Waals surface area contributed by atoms with Crippen LogP contribution in [0.4, 0.5) is 17.6 Å². The lowest BCUT2D eigenvalue weighted by molar-refractivity contribution is -0.0439. The Hall–Kier alpha value is -1.68. The van der Waals surface area contributed by atoms with Crippen LogP contribution in [0.1, 0.15) is 35.8 Å². The summed E-state index contributed by atoms with van der Waals surface area (Å²) in [7, 11) is -11.0. The molecule has 0 amide bonds. The predicted molar refractivity (Wildman–Crippen MR) is 97.7 cm³/mol. The molecule has 0 aliphatic heterocycles. The molecule has 0 spiro atoms. The second kappa shape index (κ2) is 7.29. The van der Waals surface area contributed by atoms with E-state index >= 15 is 0 Å². The SMILES string of the molecule is O=S(=O)(C1CCCC(F)C1)C(c1ccc2ccccc2c1)S(=O)(=O)C(F)(F)F. The fraction of sp³-hybridized carbons (Fsp3) is 0.444. The van der Waals surface area contributed by atoms with Gasteiger partial charge in [-0.25, -0.2) is 21.2 Å². The van der Waals surface area contributed by atoms with E-state index in [1.165, 1.54) is 6.07 Å². The Kier molecular flexibility index (Phi) is 5.48. The van der Waals surface area contributed by atoms with Crippen LogP contribution in [0, 0.1) is 0 Å². The summed E-state index contributed by atoms with van der Waals surface area (Å²) in [6.45, 7) is 0. The van der Waals surface area contributed by atoms with E-state index in [1.54, 1.807) is 24.3 Å². The maximum absolute atomic E-state index is 13.7. The van der Waals surface area contributed by atoms with Crippen LogP contribution < -0.4 is 0 Å². The molecular formula is C18H18F4O4S2. The number of benzene rings is 2. The first-order valence-electron chi connectivity index (χ1n) is 8.60. The van der Waals surface area contributed by atoms with Crippen molar-refractivity contribution in [1.82, 2.24) is 0 Å². The molecule has 1 aliphatic rings. The van der Waals surface area contributed by atoms with Crippen molar-refractivity contribution < 1.29 is 34.4 Å². The fourth-order valence-electron chi connectivity index (χ4n) is 3.58. The van der Waals surface area contributed by atoms with E-state index in [9.17, 15) is 34.4 Å². The van der Waals surface area contributed by atoms with E-state index in [0.29, 0.717) is 10.8 Å². The van der Waals surface area contributed by atoms with Crippen molar-refractivity contribution in [3.05, 3.63) is 48.0 Å². The zero-order valence-corrected chi connectivity index (χ0v) is 16.2. The van der Waals surface area contributed by atoms with E-state index in [1.807, 2.05) is 0 Å². The highest BCUT2D eigenvalue weighted by Crippen LogP contribution is 2.43. The largest absolute Gasteiger partial charge is 0.499 e. The third kappa shape index (κ3) is 3.76. The summed E-state index contributed by atoms with van der Waals surface area (Å²) in [4.78, 5) is 0. The fourth-order valence-corrected chi connectivity index (χ4v) is 8.39. The number of hydrogen-bond donors (Lipinski definition) is 0. The van der Waals surface area contributed by atoms with Gasteiger partial charge in [0.15, 0.2) is 14.4 Å². The zero-order chi connectivity index (χ0) is 20.7. The Morgan fingerprint density at radius 1 is 0.929 bits per heavy atom. The second-order valence-corrected chi connectivity index (χ2v) is 11.5. The van der Waals surface area contributed by atoms with Gasteiger partial charge in [-0.1, -0.05) is 36.4 Å². The number of fused-ring (bicyclic) bond motifs is 1. The van der Waals surface area contributed by atoms with Crippen LogP contribution in [0.2, 0.25) is 0 Å². The molecule has 0 bridgehead atoms. The van der Waals surface area contributed by atoms with Crippen LogP contribution in [0.15, 0.2) is 42.5 Å². The van der Waals surface area contributed by atoms with Crippen LogP contribution in [0.25, 0.3) is 10.8 Å². The molecule has 1 saturated carbocycles. The molecule has 3 unspecified atom stereocenters. The Morgan fingerprint density at radius 2 is 1.57 bits per heavy atom. The molecule has 10 heteroatoms. The summed E-state index contributed by atoms with van der Waals surface area (Å²) in [6.07, 6.45) is -1.78. The maximum Gasteiger partial charge on any atom is 0.499 e. The van der Waals surface area contributed by atoms with E-state index < -0.39 is 53.2 Å². The topological polar surface area (TPSA) is 68.3 Å². The summed E-state index contributed by atoms with van der Waals surface area (Å²) < 4.78 is 101. The molecule has 2 aromatic rings. The standard InChI is InChI=1S/C18H18F4O4S2/c19-15-6-3-7-16(11-15)27(23,24)17(28(25,26)18(20,21)22)14-9-8-12-4-1-2-5-13(12)10-14/h1-2,4-5,8-10,15-17H,3,6-7,11H2. The van der Waals surface area contributed by atoms with Gasteiger partial charge in [0.05, 0.1) is 5.25 Å². The lowest BCUT2D eigenvalue weighted by atomic mass is 9.98. The maximum atomic E-state index is 13.7. The molecule has 0 heterocycles. The number of alkyl halides is 4. The van der Waals surface area contributed by atoms with Crippen LogP contribution in [0.5, 0.6) is 0 Å². The Labute approximate surface area is 160 Å². The predicted octanol–water partition coefficient (Wildman–Crippen LogP) is 4.47. The summed E-state index contributed by atoms with van der Waals surface area (Å²) >= 11 is 0. The van der Waals surface area contributed by atoms with Crippen molar-refractivity contribution in [2.45, 2.75) is 47.2 Å². The first-order valence-corrected chi connectivity index (χ1v) is 11.8. The average molecular weight is 438 g/mol. The Bertz CT molecular complexity index is 1080. The smallest absolute Gasteiger partial charge is 0.247 e. The second-order valence-electron chi connectivity index (χ2n) is 6.90. The lowest BCUT2D eigenvalue weighted by Gasteiger charge is -2.29. The van der Waals surface area contributed by atoms with E-state index in [2.05, 4.69) is 0 Å². The molecule has 0 aromatic heterocycles. The number of halogens is 4. The van der Waals surface area contributed by atoms with Gasteiger partial charge in [-0.15, -0.1) is 0 Å². The molecule has 28 heavy (non-hydrogen) atoms. The minimum atomic E-state index is -6.10. The van der Waals surface area contributed by atoms with Crippen molar-refractivity contribution in [2.75, 3.05) is 0 Å². The summed E-state index contributed by atoms with van der Waals surface area (Å²) in [5, 5.41) is -0.456. The monoisotopic (exact) mass is 438 g/mol. The van der Waals surface area contributed by atoms with E-state index in [-0.39, 0.29) is 19.3 Å². The molecule has 2 aromatic carbocycles. The average Bonchev–Trinajstić information content (AvgIpc) is 2.60. The summed E-state index contributed by atoms with van der Waals surface area (Å²) in [5.41, 5.74) is -6.25. The van der Waals surface area contributed by atoms with E-state index in [4.69, 9.17) is 0 Å². The van der Waals surface area contributed by atoms with Crippen molar-refractivity contribution >= 4 is 30.4 Å². The zero-order valence-electron chi connectivity index (χ0n) is 14.6. The molecule has 0 N–H and O–H groups in total. The van der Waals surface area contributed by atoms with Crippen molar-refractivity contribution in [2.24, 2.45) is 0 Å². The minimum Gasteiger partial charge on any atom is -0.247 e. The first-order chi connectivity index (χ1) is 12.9. The molecule has 1 fully saturated rings. The summed E-state index contributed by atoms with van der Waals surface area (Å²) in [5.74, 6) is 0. The normalized spacial score (nSPS) is 22.9. The third-order valence-corrected chi connectivity index (χ3v) is 10.2. The van der Waals surface area contributed by atoms with Gasteiger partial charge in [0.25, 0.3) is 9.84 Å². The van der Waals surface area contributed by atoms with Gasteiger partial charge in [0.2, 0.25) is 0 Å². The van der Waals surface area contributed by atoms with Gasteiger partial charge in [0.1, 0.15) is 6.17 Å². The molecule has 1 aliphatic carbocycles. The van der Waals surface area contributed by atoms with E-state index in [0.717, 1.165) is 12.1 Å². The Balaban J connectivity index is 2.20. The molecule has 0 radical (unpaired) electrons. The molecule has 154 valence electrons. The van der Waals surface area contributed by atoms with Crippen molar-refractivity contribution in [3.8, 4) is 0 Å². The van der Waals surface area contributed by atoms with Gasteiger partial charge >= 0.3 is 5.51 Å². The van der Waals surface area contributed by atoms with Gasteiger partial charge in [-0.2, -0.15) is 13.2 Å². The molecule has 0 saturated heterocycles. The number of rotatable bonds is 4. The molecular weight excluding hydrogens is 420 g/mol.